The number of hydrogen-bond donors (Lipinski definition) is 0. The van der Waals surface area contributed by atoms with Crippen LogP contribution in [0.15, 0.2) is 83.0 Å². The molecule has 1 atom stereocenters. The van der Waals surface area contributed by atoms with Crippen molar-refractivity contribution in [2.45, 2.75) is 6.04 Å². The van der Waals surface area contributed by atoms with E-state index in [9.17, 15) is 4.79 Å². The fraction of sp³-hybridized carbons (Fsp3) is 0.0500. The van der Waals surface area contributed by atoms with Crippen LogP contribution in [0.3, 0.4) is 0 Å². The Balaban J connectivity index is 1.76. The summed E-state index contributed by atoms with van der Waals surface area (Å²) in [6.07, 6.45) is 3.41. The summed E-state index contributed by atoms with van der Waals surface area (Å²) in [7, 11) is 0. The molecular weight excluding hydrogens is 284 g/mol. The molecule has 0 spiro atoms. The molecule has 0 N–H and O–H groups in total. The molecule has 4 rings (SSSR count). The molecule has 3 aromatic rings. The summed E-state index contributed by atoms with van der Waals surface area (Å²) < 4.78 is 0. The van der Waals surface area contributed by atoms with Gasteiger partial charge in [0, 0.05) is 5.39 Å². The lowest BCUT2D eigenvalue weighted by Crippen LogP contribution is -2.12. The second-order valence-electron chi connectivity index (χ2n) is 5.48. The van der Waals surface area contributed by atoms with E-state index < -0.39 is 6.04 Å². The van der Waals surface area contributed by atoms with Crippen molar-refractivity contribution in [3.8, 4) is 0 Å². The van der Waals surface area contributed by atoms with Crippen molar-refractivity contribution in [1.29, 1.82) is 0 Å². The molecule has 0 fully saturated rings. The van der Waals surface area contributed by atoms with E-state index in [0.29, 0.717) is 0 Å². The zero-order valence-corrected chi connectivity index (χ0v) is 12.4. The number of benzene rings is 3. The number of carbonyl (C=O) groups excluding carboxylic acids is 1. The van der Waals surface area contributed by atoms with Crippen LogP contribution in [0.1, 0.15) is 17.2 Å². The molecule has 0 amide bonds. The van der Waals surface area contributed by atoms with E-state index in [2.05, 4.69) is 10.2 Å². The molecule has 1 aliphatic carbocycles. The van der Waals surface area contributed by atoms with E-state index in [4.69, 9.17) is 0 Å². The number of carbonyl (C=O) groups is 1. The molecule has 0 bridgehead atoms. The highest BCUT2D eigenvalue weighted by Gasteiger charge is 2.23. The van der Waals surface area contributed by atoms with Crippen molar-refractivity contribution in [1.82, 2.24) is 0 Å². The van der Waals surface area contributed by atoms with Gasteiger partial charge in [-0.2, -0.15) is 10.2 Å². The Morgan fingerprint density at radius 3 is 2.52 bits per heavy atom. The average Bonchev–Trinajstić information content (AvgIpc) is 2.61. The third-order valence-corrected chi connectivity index (χ3v) is 4.03. The first-order chi connectivity index (χ1) is 11.3. The van der Waals surface area contributed by atoms with Gasteiger partial charge in [-0.25, -0.2) is 0 Å². The van der Waals surface area contributed by atoms with Gasteiger partial charge < -0.3 is 0 Å². The zero-order valence-electron chi connectivity index (χ0n) is 12.4. The van der Waals surface area contributed by atoms with Crippen LogP contribution < -0.4 is 0 Å². The van der Waals surface area contributed by atoms with Crippen LogP contribution in [0.25, 0.3) is 16.8 Å². The molecule has 0 heterocycles. The minimum Gasteiger partial charge on any atom is -0.292 e. The molecule has 0 radical (unpaired) electrons. The Bertz CT molecular complexity index is 951. The molecule has 3 nitrogen and oxygen atoms in total. The predicted molar refractivity (Wildman–Crippen MR) is 91.7 cm³/mol. The van der Waals surface area contributed by atoms with E-state index in [1.54, 1.807) is 6.08 Å². The Hall–Kier alpha value is -3.07. The average molecular weight is 298 g/mol. The van der Waals surface area contributed by atoms with Crippen LogP contribution in [0.5, 0.6) is 0 Å². The lowest BCUT2D eigenvalue weighted by Gasteiger charge is -2.15. The largest absolute Gasteiger partial charge is 0.292 e. The molecule has 110 valence electrons. The van der Waals surface area contributed by atoms with E-state index in [1.165, 1.54) is 0 Å². The number of azo groups is 1. The molecule has 0 aliphatic heterocycles. The minimum atomic E-state index is -0.560. The van der Waals surface area contributed by atoms with E-state index in [1.807, 2.05) is 72.8 Å². The summed E-state index contributed by atoms with van der Waals surface area (Å²) in [5, 5.41) is 10.9. The van der Waals surface area contributed by atoms with Crippen molar-refractivity contribution in [3.63, 3.8) is 0 Å². The predicted octanol–water partition coefficient (Wildman–Crippen LogP) is 5.26. The van der Waals surface area contributed by atoms with E-state index in [0.717, 1.165) is 27.6 Å². The van der Waals surface area contributed by atoms with Gasteiger partial charge in [0.15, 0.2) is 11.8 Å². The third-order valence-electron chi connectivity index (χ3n) is 4.03. The number of ketones is 1. The van der Waals surface area contributed by atoms with Gasteiger partial charge in [-0.1, -0.05) is 66.7 Å². The first-order valence-electron chi connectivity index (χ1n) is 7.52. The SMILES string of the molecule is O=C1C=Cc2ccccc2C1N=Nc1cccc2ccccc12. The summed E-state index contributed by atoms with van der Waals surface area (Å²) in [6.45, 7) is 0. The maximum absolute atomic E-state index is 12.2. The van der Waals surface area contributed by atoms with Gasteiger partial charge in [0.05, 0.1) is 5.69 Å². The maximum Gasteiger partial charge on any atom is 0.186 e. The highest BCUT2D eigenvalue weighted by Crippen LogP contribution is 2.31. The molecule has 3 heteroatoms. The molecule has 3 aromatic carbocycles. The Kier molecular flexibility index (Phi) is 3.31. The number of rotatable bonds is 2. The van der Waals surface area contributed by atoms with Crippen molar-refractivity contribution in [2.24, 2.45) is 10.2 Å². The fourth-order valence-electron chi connectivity index (χ4n) is 2.86. The van der Waals surface area contributed by atoms with Crippen molar-refractivity contribution in [3.05, 3.63) is 83.9 Å². The summed E-state index contributed by atoms with van der Waals surface area (Å²) in [6, 6.07) is 21.2. The lowest BCUT2D eigenvalue weighted by atomic mass is 9.93. The van der Waals surface area contributed by atoms with Gasteiger partial charge in [0.25, 0.3) is 0 Å². The number of fused-ring (bicyclic) bond motifs is 2. The molecule has 0 saturated carbocycles. The summed E-state index contributed by atoms with van der Waals surface area (Å²) in [4.78, 5) is 12.2. The van der Waals surface area contributed by atoms with E-state index >= 15 is 0 Å². The molecule has 0 aromatic heterocycles. The van der Waals surface area contributed by atoms with Crippen LogP contribution in [0, 0.1) is 0 Å². The maximum atomic E-state index is 12.2. The van der Waals surface area contributed by atoms with Crippen LogP contribution >= 0.6 is 0 Å². The second-order valence-corrected chi connectivity index (χ2v) is 5.48. The quantitative estimate of drug-likeness (QED) is 0.595. The lowest BCUT2D eigenvalue weighted by molar-refractivity contribution is -0.115. The third kappa shape index (κ3) is 2.46. The van der Waals surface area contributed by atoms with Gasteiger partial charge in [0.1, 0.15) is 0 Å². The molecule has 1 unspecified atom stereocenters. The van der Waals surface area contributed by atoms with Gasteiger partial charge in [-0.3, -0.25) is 4.79 Å². The van der Waals surface area contributed by atoms with Crippen LogP contribution in [-0.2, 0) is 4.79 Å². The van der Waals surface area contributed by atoms with Gasteiger partial charge >= 0.3 is 0 Å². The number of hydrogen-bond acceptors (Lipinski definition) is 3. The molecule has 0 saturated heterocycles. The molecule has 23 heavy (non-hydrogen) atoms. The van der Waals surface area contributed by atoms with Crippen molar-refractivity contribution >= 4 is 28.3 Å². The standard InChI is InChI=1S/C20H14N2O/c23-19-13-12-15-7-2-4-10-17(15)20(19)22-21-18-11-5-8-14-6-1-3-9-16(14)18/h1-13,20H. The highest BCUT2D eigenvalue weighted by molar-refractivity contribution is 6.01. The Morgan fingerprint density at radius 2 is 1.57 bits per heavy atom. The Labute approximate surface area is 134 Å². The summed E-state index contributed by atoms with van der Waals surface area (Å²) in [5.74, 6) is -0.0345. The monoisotopic (exact) mass is 298 g/mol. The first kappa shape index (κ1) is 13.6. The van der Waals surface area contributed by atoms with E-state index in [-0.39, 0.29) is 5.78 Å². The first-order valence-corrected chi connectivity index (χ1v) is 7.52. The normalized spacial score (nSPS) is 16.9. The van der Waals surface area contributed by atoms with Crippen LogP contribution in [0.2, 0.25) is 0 Å². The second kappa shape index (κ2) is 5.61. The topological polar surface area (TPSA) is 41.8 Å². The van der Waals surface area contributed by atoms with Crippen molar-refractivity contribution < 1.29 is 4.79 Å². The number of nitrogens with zero attached hydrogens (tertiary/aromatic N) is 2. The fourth-order valence-corrected chi connectivity index (χ4v) is 2.86. The van der Waals surface area contributed by atoms with Gasteiger partial charge in [-0.05, 0) is 28.7 Å². The molecule has 1 aliphatic rings. The minimum absolute atomic E-state index is 0.0345. The van der Waals surface area contributed by atoms with Crippen LogP contribution in [-0.4, -0.2) is 5.78 Å². The highest BCUT2D eigenvalue weighted by atomic mass is 16.1. The molecular formula is C20H14N2O. The van der Waals surface area contributed by atoms with Gasteiger partial charge in [0.2, 0.25) is 0 Å². The van der Waals surface area contributed by atoms with Gasteiger partial charge in [-0.15, -0.1) is 0 Å². The summed E-state index contributed by atoms with van der Waals surface area (Å²) >= 11 is 0. The smallest absolute Gasteiger partial charge is 0.186 e. The van der Waals surface area contributed by atoms with Crippen LogP contribution in [0.4, 0.5) is 5.69 Å². The summed E-state index contributed by atoms with van der Waals surface area (Å²) in [5.41, 5.74) is 2.71. The van der Waals surface area contributed by atoms with Crippen molar-refractivity contribution in [2.75, 3.05) is 0 Å². The zero-order chi connectivity index (χ0) is 15.6. The Morgan fingerprint density at radius 1 is 0.783 bits per heavy atom.